The number of nitrogens with zero attached hydrogens (tertiary/aromatic N) is 2. The third-order valence-electron chi connectivity index (χ3n) is 4.34. The van der Waals surface area contributed by atoms with Gasteiger partial charge in [0, 0.05) is 24.3 Å². The standard InChI is InChI=1S/C16H27N3/c1-4-19(12-15-7-5-6-13(2)18-15)16-10-8-14(17-3)9-11-16/h5-7,14,16-17H,4,8-12H2,1-3H3. The number of pyridine rings is 1. The number of aromatic nitrogens is 1. The second kappa shape index (κ2) is 7.01. The highest BCUT2D eigenvalue weighted by Crippen LogP contribution is 2.24. The average Bonchev–Trinajstić information content (AvgIpc) is 2.45. The topological polar surface area (TPSA) is 28.2 Å². The summed E-state index contributed by atoms with van der Waals surface area (Å²) in [6.07, 6.45) is 5.23. The molecule has 106 valence electrons. The van der Waals surface area contributed by atoms with Crippen molar-refractivity contribution in [1.29, 1.82) is 0 Å². The van der Waals surface area contributed by atoms with Crippen molar-refractivity contribution in [2.45, 2.75) is 58.2 Å². The van der Waals surface area contributed by atoms with E-state index in [0.717, 1.165) is 30.9 Å². The van der Waals surface area contributed by atoms with Gasteiger partial charge in [-0.1, -0.05) is 13.0 Å². The molecule has 1 heterocycles. The second-order valence-corrected chi connectivity index (χ2v) is 5.63. The minimum atomic E-state index is 0.729. The molecule has 0 spiro atoms. The molecule has 0 bridgehead atoms. The van der Waals surface area contributed by atoms with Gasteiger partial charge in [0.15, 0.2) is 0 Å². The molecule has 0 saturated heterocycles. The van der Waals surface area contributed by atoms with Gasteiger partial charge < -0.3 is 5.32 Å². The van der Waals surface area contributed by atoms with Crippen molar-refractivity contribution in [3.8, 4) is 0 Å². The minimum absolute atomic E-state index is 0.729. The van der Waals surface area contributed by atoms with Crippen molar-refractivity contribution < 1.29 is 0 Å². The molecule has 2 rings (SSSR count). The highest BCUT2D eigenvalue weighted by Gasteiger charge is 2.24. The summed E-state index contributed by atoms with van der Waals surface area (Å²) in [5.74, 6) is 0. The number of nitrogens with one attached hydrogen (secondary N) is 1. The summed E-state index contributed by atoms with van der Waals surface area (Å²) in [4.78, 5) is 7.22. The molecule has 1 aromatic heterocycles. The van der Waals surface area contributed by atoms with Crippen molar-refractivity contribution in [1.82, 2.24) is 15.2 Å². The fraction of sp³-hybridized carbons (Fsp3) is 0.688. The summed E-state index contributed by atoms with van der Waals surface area (Å²) in [7, 11) is 2.08. The minimum Gasteiger partial charge on any atom is -0.317 e. The highest BCUT2D eigenvalue weighted by molar-refractivity contribution is 5.10. The van der Waals surface area contributed by atoms with Crippen LogP contribution in [0.5, 0.6) is 0 Å². The average molecular weight is 261 g/mol. The fourth-order valence-electron chi connectivity index (χ4n) is 3.12. The van der Waals surface area contributed by atoms with Gasteiger partial charge in [-0.15, -0.1) is 0 Å². The lowest BCUT2D eigenvalue weighted by Gasteiger charge is -2.36. The molecule has 1 aliphatic rings. The monoisotopic (exact) mass is 261 g/mol. The van der Waals surface area contributed by atoms with Crippen molar-refractivity contribution in [2.24, 2.45) is 0 Å². The van der Waals surface area contributed by atoms with Crippen molar-refractivity contribution in [2.75, 3.05) is 13.6 Å². The zero-order valence-corrected chi connectivity index (χ0v) is 12.5. The van der Waals surface area contributed by atoms with E-state index in [1.807, 2.05) is 0 Å². The third kappa shape index (κ3) is 4.02. The zero-order valence-electron chi connectivity index (χ0n) is 12.5. The zero-order chi connectivity index (χ0) is 13.7. The van der Waals surface area contributed by atoms with E-state index in [-0.39, 0.29) is 0 Å². The van der Waals surface area contributed by atoms with Crippen LogP contribution in [0, 0.1) is 6.92 Å². The highest BCUT2D eigenvalue weighted by atomic mass is 15.2. The van der Waals surface area contributed by atoms with Gasteiger partial charge in [0.25, 0.3) is 0 Å². The Labute approximate surface area is 117 Å². The van der Waals surface area contributed by atoms with Gasteiger partial charge in [-0.3, -0.25) is 9.88 Å². The first-order valence-electron chi connectivity index (χ1n) is 7.56. The number of hydrogen-bond acceptors (Lipinski definition) is 3. The summed E-state index contributed by atoms with van der Waals surface area (Å²) in [5.41, 5.74) is 2.32. The summed E-state index contributed by atoms with van der Waals surface area (Å²) < 4.78 is 0. The maximum absolute atomic E-state index is 4.63. The number of rotatable bonds is 5. The molecule has 3 heteroatoms. The molecule has 19 heavy (non-hydrogen) atoms. The van der Waals surface area contributed by atoms with Crippen LogP contribution in [0.15, 0.2) is 18.2 Å². The van der Waals surface area contributed by atoms with Crippen molar-refractivity contribution in [3.63, 3.8) is 0 Å². The Bertz CT molecular complexity index is 383. The third-order valence-corrected chi connectivity index (χ3v) is 4.34. The molecular weight excluding hydrogens is 234 g/mol. The maximum Gasteiger partial charge on any atom is 0.0547 e. The van der Waals surface area contributed by atoms with E-state index in [1.54, 1.807) is 0 Å². The van der Waals surface area contributed by atoms with Crippen LogP contribution in [-0.4, -0.2) is 35.6 Å². The first-order chi connectivity index (χ1) is 9.22. The van der Waals surface area contributed by atoms with E-state index >= 15 is 0 Å². The Kier molecular flexibility index (Phi) is 5.34. The Morgan fingerprint density at radius 3 is 2.58 bits per heavy atom. The summed E-state index contributed by atoms with van der Waals surface area (Å²) in [5, 5.41) is 3.41. The Morgan fingerprint density at radius 2 is 2.00 bits per heavy atom. The SMILES string of the molecule is CCN(Cc1cccc(C)n1)C1CCC(NC)CC1. The molecule has 1 saturated carbocycles. The Balaban J connectivity index is 1.93. The maximum atomic E-state index is 4.63. The van der Waals surface area contributed by atoms with Crippen LogP contribution >= 0.6 is 0 Å². The lowest BCUT2D eigenvalue weighted by molar-refractivity contribution is 0.143. The lowest BCUT2D eigenvalue weighted by Crippen LogP contribution is -2.41. The van der Waals surface area contributed by atoms with Gasteiger partial charge in [-0.2, -0.15) is 0 Å². The van der Waals surface area contributed by atoms with E-state index in [2.05, 4.69) is 54.3 Å². The van der Waals surface area contributed by atoms with E-state index in [1.165, 1.54) is 31.4 Å². The fourth-order valence-corrected chi connectivity index (χ4v) is 3.12. The molecule has 1 fully saturated rings. The van der Waals surface area contributed by atoms with Crippen molar-refractivity contribution in [3.05, 3.63) is 29.6 Å². The number of aryl methyl sites for hydroxylation is 1. The molecule has 0 amide bonds. The Morgan fingerprint density at radius 1 is 1.26 bits per heavy atom. The quantitative estimate of drug-likeness (QED) is 0.883. The predicted octanol–water partition coefficient (Wildman–Crippen LogP) is 2.74. The molecule has 1 aromatic rings. The summed E-state index contributed by atoms with van der Waals surface area (Å²) in [6, 6.07) is 7.79. The molecular formula is C16H27N3. The van der Waals surface area contributed by atoms with Gasteiger partial charge in [0.05, 0.1) is 5.69 Å². The molecule has 0 aromatic carbocycles. The first kappa shape index (κ1) is 14.5. The molecule has 0 atom stereocenters. The normalized spacial score (nSPS) is 23.8. The molecule has 1 N–H and O–H groups in total. The first-order valence-corrected chi connectivity index (χ1v) is 7.56. The second-order valence-electron chi connectivity index (χ2n) is 5.63. The van der Waals surface area contributed by atoms with Crippen LogP contribution < -0.4 is 5.32 Å². The summed E-state index contributed by atoms with van der Waals surface area (Å²) >= 11 is 0. The molecule has 0 radical (unpaired) electrons. The lowest BCUT2D eigenvalue weighted by atomic mass is 9.90. The van der Waals surface area contributed by atoms with Gasteiger partial charge in [-0.25, -0.2) is 0 Å². The van der Waals surface area contributed by atoms with E-state index in [4.69, 9.17) is 0 Å². The van der Waals surface area contributed by atoms with Crippen molar-refractivity contribution >= 4 is 0 Å². The van der Waals surface area contributed by atoms with Gasteiger partial charge in [-0.05, 0) is 58.3 Å². The molecule has 1 aliphatic carbocycles. The molecule has 3 nitrogen and oxygen atoms in total. The van der Waals surface area contributed by atoms with Gasteiger partial charge in [0.1, 0.15) is 0 Å². The van der Waals surface area contributed by atoms with Crippen LogP contribution in [0.4, 0.5) is 0 Å². The van der Waals surface area contributed by atoms with Crippen LogP contribution in [0.3, 0.4) is 0 Å². The van der Waals surface area contributed by atoms with E-state index in [0.29, 0.717) is 0 Å². The van der Waals surface area contributed by atoms with Crippen LogP contribution in [0.1, 0.15) is 44.0 Å². The molecule has 0 aliphatic heterocycles. The van der Waals surface area contributed by atoms with Gasteiger partial charge in [0.2, 0.25) is 0 Å². The molecule has 0 unspecified atom stereocenters. The summed E-state index contributed by atoms with van der Waals surface area (Å²) in [6.45, 7) is 6.44. The van der Waals surface area contributed by atoms with Crippen LogP contribution in [-0.2, 0) is 6.54 Å². The van der Waals surface area contributed by atoms with Crippen LogP contribution in [0.25, 0.3) is 0 Å². The predicted molar refractivity (Wildman–Crippen MR) is 80.2 cm³/mol. The van der Waals surface area contributed by atoms with Gasteiger partial charge >= 0.3 is 0 Å². The smallest absolute Gasteiger partial charge is 0.0547 e. The van der Waals surface area contributed by atoms with Crippen LogP contribution in [0.2, 0.25) is 0 Å². The largest absolute Gasteiger partial charge is 0.317 e. The Hall–Kier alpha value is -0.930. The van der Waals surface area contributed by atoms with E-state index in [9.17, 15) is 0 Å². The number of hydrogen-bond donors (Lipinski definition) is 1. The van der Waals surface area contributed by atoms with E-state index < -0.39 is 0 Å².